The average Bonchev–Trinajstić information content (AvgIpc) is 3.46. The molecule has 13 heteroatoms. The lowest BCUT2D eigenvalue weighted by Crippen LogP contribution is -2.13. The number of fused-ring (bicyclic) bond motifs is 1. The molecule has 5 aromatic rings. The van der Waals surface area contributed by atoms with E-state index in [-0.39, 0.29) is 0 Å². The highest BCUT2D eigenvalue weighted by Crippen LogP contribution is 2.29. The monoisotopic (exact) mass is 608 g/mol. The first-order valence-corrected chi connectivity index (χ1v) is 14.8. The molecule has 2 atom stereocenters. The molecule has 2 aromatic heterocycles. The molecule has 10 nitrogen and oxygen atoms in total. The van der Waals surface area contributed by atoms with Crippen molar-refractivity contribution in [3.8, 4) is 29.0 Å². The molecule has 5 rings (SSSR count). The van der Waals surface area contributed by atoms with Crippen molar-refractivity contribution in [1.29, 1.82) is 5.26 Å². The van der Waals surface area contributed by atoms with Gasteiger partial charge in [-0.3, -0.25) is 14.5 Å². The van der Waals surface area contributed by atoms with E-state index in [1.165, 1.54) is 0 Å². The van der Waals surface area contributed by atoms with E-state index in [4.69, 9.17) is 20.0 Å². The molecular formula is C28H25ClN6O4S2. The zero-order valence-corrected chi connectivity index (χ0v) is 24.8. The topological polar surface area (TPSA) is 134 Å². The van der Waals surface area contributed by atoms with E-state index >= 15 is 0 Å². The minimum absolute atomic E-state index is 0.330. The quantitative estimate of drug-likeness (QED) is 0.182. The fraction of sp³-hybridized carbons (Fsp3) is 0.143. The van der Waals surface area contributed by atoms with E-state index < -0.39 is 22.5 Å². The summed E-state index contributed by atoms with van der Waals surface area (Å²) in [6, 6.07) is 19.9. The maximum atomic E-state index is 12.9. The van der Waals surface area contributed by atoms with Gasteiger partial charge < -0.3 is 8.37 Å². The van der Waals surface area contributed by atoms with E-state index in [0.29, 0.717) is 56.2 Å². The van der Waals surface area contributed by atoms with Gasteiger partial charge >= 0.3 is 22.5 Å². The second kappa shape index (κ2) is 11.7. The number of halogens is 1. The minimum Gasteiger partial charge on any atom is -0.385 e. The SMILES string of the molecule is Cc1ccc(C)c(OS(=O)Nc2ccc(C)c(OS(=O)Nc3cccc(-c4nc5c(C#N)c(C)c(Cl)n5[nH]4)c3)c2)c1. The molecule has 0 aliphatic carbocycles. The predicted octanol–water partition coefficient (Wildman–Crippen LogP) is 6.23. The Morgan fingerprint density at radius 3 is 2.22 bits per heavy atom. The lowest BCUT2D eigenvalue weighted by Gasteiger charge is -2.13. The minimum atomic E-state index is -1.96. The van der Waals surface area contributed by atoms with Crippen LogP contribution in [0.4, 0.5) is 11.4 Å². The number of aryl methyl sites for hydroxylation is 3. The van der Waals surface area contributed by atoms with Gasteiger partial charge in [0.15, 0.2) is 11.5 Å². The fourth-order valence-electron chi connectivity index (χ4n) is 4.03. The number of benzene rings is 3. The van der Waals surface area contributed by atoms with Gasteiger partial charge in [-0.1, -0.05) is 41.9 Å². The largest absolute Gasteiger partial charge is 0.385 e. The summed E-state index contributed by atoms with van der Waals surface area (Å²) in [5.74, 6) is 1.33. The zero-order valence-electron chi connectivity index (χ0n) is 22.4. The molecule has 0 spiro atoms. The number of rotatable bonds is 9. The highest BCUT2D eigenvalue weighted by Gasteiger charge is 2.18. The first-order chi connectivity index (χ1) is 19.6. The van der Waals surface area contributed by atoms with Crippen molar-refractivity contribution in [1.82, 2.24) is 14.6 Å². The van der Waals surface area contributed by atoms with Gasteiger partial charge in [-0.15, -0.1) is 0 Å². The van der Waals surface area contributed by atoms with Crippen LogP contribution in [0.25, 0.3) is 17.0 Å². The van der Waals surface area contributed by atoms with Gasteiger partial charge in [0.1, 0.15) is 28.3 Å². The highest BCUT2D eigenvalue weighted by molar-refractivity contribution is 7.82. The van der Waals surface area contributed by atoms with Gasteiger partial charge in [-0.05, 0) is 68.7 Å². The summed E-state index contributed by atoms with van der Waals surface area (Å²) in [6.45, 7) is 7.37. The summed E-state index contributed by atoms with van der Waals surface area (Å²) in [6.07, 6.45) is 0. The van der Waals surface area contributed by atoms with Crippen LogP contribution in [0.5, 0.6) is 11.5 Å². The molecule has 210 valence electrons. The summed E-state index contributed by atoms with van der Waals surface area (Å²) in [5, 5.41) is 12.9. The van der Waals surface area contributed by atoms with Crippen LogP contribution in [-0.2, 0) is 22.5 Å². The van der Waals surface area contributed by atoms with Crippen molar-refractivity contribution in [3.63, 3.8) is 0 Å². The third kappa shape index (κ3) is 6.07. The number of aromatic nitrogens is 3. The molecule has 2 heterocycles. The van der Waals surface area contributed by atoms with Gasteiger partial charge in [0.25, 0.3) is 0 Å². The van der Waals surface area contributed by atoms with E-state index in [1.807, 2.05) is 45.0 Å². The van der Waals surface area contributed by atoms with E-state index in [2.05, 4.69) is 25.6 Å². The molecule has 0 aliphatic rings. The molecule has 0 radical (unpaired) electrons. The lowest BCUT2D eigenvalue weighted by atomic mass is 10.1. The summed E-state index contributed by atoms with van der Waals surface area (Å²) in [4.78, 5) is 4.53. The predicted molar refractivity (Wildman–Crippen MR) is 161 cm³/mol. The van der Waals surface area contributed by atoms with Crippen molar-refractivity contribution in [2.24, 2.45) is 0 Å². The molecule has 3 N–H and O–H groups in total. The Hall–Kier alpha value is -4.31. The van der Waals surface area contributed by atoms with Crippen molar-refractivity contribution < 1.29 is 16.8 Å². The molecule has 0 saturated heterocycles. The molecule has 41 heavy (non-hydrogen) atoms. The van der Waals surface area contributed by atoms with Crippen molar-refractivity contribution in [2.45, 2.75) is 27.7 Å². The first kappa shape index (κ1) is 28.2. The molecule has 3 aromatic carbocycles. The Balaban J connectivity index is 1.27. The molecule has 0 amide bonds. The average molecular weight is 609 g/mol. The van der Waals surface area contributed by atoms with Crippen LogP contribution < -0.4 is 17.8 Å². The third-order valence-corrected chi connectivity index (χ3v) is 8.18. The Kier molecular flexibility index (Phi) is 8.03. The molecular weight excluding hydrogens is 584 g/mol. The number of nitriles is 1. The van der Waals surface area contributed by atoms with E-state index in [0.717, 1.165) is 16.7 Å². The summed E-state index contributed by atoms with van der Waals surface area (Å²) in [7, 11) is 0. The zero-order chi connectivity index (χ0) is 29.3. The van der Waals surface area contributed by atoms with Crippen LogP contribution in [0.2, 0.25) is 5.15 Å². The molecule has 0 saturated carbocycles. The summed E-state index contributed by atoms with van der Waals surface area (Å²) < 4.78 is 43.9. The van der Waals surface area contributed by atoms with Crippen molar-refractivity contribution >= 4 is 51.2 Å². The first-order valence-electron chi connectivity index (χ1n) is 12.3. The second-order valence-corrected chi connectivity index (χ2v) is 11.3. The Morgan fingerprint density at radius 2 is 1.54 bits per heavy atom. The summed E-state index contributed by atoms with van der Waals surface area (Å²) >= 11 is 2.53. The maximum Gasteiger partial charge on any atom is 0.316 e. The number of hydrogen-bond donors (Lipinski definition) is 3. The highest BCUT2D eigenvalue weighted by atomic mass is 35.5. The molecule has 0 fully saturated rings. The van der Waals surface area contributed by atoms with Crippen LogP contribution >= 0.6 is 11.6 Å². The number of nitrogens with one attached hydrogen (secondary N) is 3. The fourth-order valence-corrected chi connectivity index (χ4v) is 5.65. The van der Waals surface area contributed by atoms with Gasteiger partial charge in [-0.25, -0.2) is 9.50 Å². The molecule has 2 unspecified atom stereocenters. The number of nitrogens with zero attached hydrogens (tertiary/aromatic N) is 3. The Morgan fingerprint density at radius 1 is 0.902 bits per heavy atom. The Bertz CT molecular complexity index is 1880. The number of hydrogen-bond acceptors (Lipinski definition) is 6. The standard InChI is InChI=1S/C28H25ClN6O4S2/c1-16-8-9-17(2)24(12-16)38-41(37)34-22-11-10-18(3)25(14-22)39-40(36)33-21-7-5-6-20(13-21)27-31-28-23(15-30)19(4)26(29)35(28)32-27/h5-14,33-34H,1-4H3,(H,31,32). The molecule has 0 bridgehead atoms. The van der Waals surface area contributed by atoms with Crippen molar-refractivity contribution in [3.05, 3.63) is 93.6 Å². The van der Waals surface area contributed by atoms with Gasteiger partial charge in [0.05, 0.1) is 11.4 Å². The number of H-pyrrole nitrogens is 1. The number of anilines is 2. The van der Waals surface area contributed by atoms with Crippen LogP contribution in [0.1, 0.15) is 27.8 Å². The van der Waals surface area contributed by atoms with Crippen LogP contribution in [0.3, 0.4) is 0 Å². The van der Waals surface area contributed by atoms with E-state index in [9.17, 15) is 13.7 Å². The third-order valence-electron chi connectivity index (χ3n) is 6.26. The normalized spacial score (nSPS) is 12.5. The second-order valence-electron chi connectivity index (χ2n) is 9.30. The van der Waals surface area contributed by atoms with Crippen LogP contribution in [0.15, 0.2) is 60.7 Å². The van der Waals surface area contributed by atoms with Crippen LogP contribution in [0, 0.1) is 39.0 Å². The molecule has 0 aliphatic heterocycles. The smallest absolute Gasteiger partial charge is 0.316 e. The van der Waals surface area contributed by atoms with Gasteiger partial charge in [0, 0.05) is 17.2 Å². The summed E-state index contributed by atoms with van der Waals surface area (Å²) in [5.41, 5.74) is 5.72. The van der Waals surface area contributed by atoms with Gasteiger partial charge in [-0.2, -0.15) is 13.7 Å². The lowest BCUT2D eigenvalue weighted by molar-refractivity contribution is 0.563. The van der Waals surface area contributed by atoms with E-state index in [1.54, 1.807) is 47.8 Å². The Labute approximate surface area is 246 Å². The van der Waals surface area contributed by atoms with Gasteiger partial charge in [0.2, 0.25) is 0 Å². The maximum absolute atomic E-state index is 12.9. The van der Waals surface area contributed by atoms with Crippen molar-refractivity contribution in [2.75, 3.05) is 9.44 Å². The van der Waals surface area contributed by atoms with Crippen LogP contribution in [-0.4, -0.2) is 23.0 Å². The number of aromatic amines is 1.